The molecular formula is C25H22ClN5O. The molecule has 0 bridgehead atoms. The number of imidazole rings is 1. The van der Waals surface area contributed by atoms with Crippen LogP contribution in [0.4, 0.5) is 0 Å². The number of aromatic nitrogens is 4. The van der Waals surface area contributed by atoms with E-state index < -0.39 is 0 Å². The maximum absolute atomic E-state index is 12.6. The quantitative estimate of drug-likeness (QED) is 0.393. The lowest BCUT2D eigenvalue weighted by molar-refractivity contribution is -0.121. The molecule has 0 aliphatic carbocycles. The van der Waals surface area contributed by atoms with E-state index in [1.165, 1.54) is 5.56 Å². The molecule has 1 amide bonds. The normalized spacial score (nSPS) is 11.3. The van der Waals surface area contributed by atoms with Crippen molar-refractivity contribution >= 4 is 39.4 Å². The van der Waals surface area contributed by atoms with Crippen molar-refractivity contribution in [2.75, 3.05) is 0 Å². The number of benzene rings is 3. The van der Waals surface area contributed by atoms with E-state index in [4.69, 9.17) is 16.6 Å². The fourth-order valence-corrected chi connectivity index (χ4v) is 4.09. The first-order valence-electron chi connectivity index (χ1n) is 10.5. The van der Waals surface area contributed by atoms with Gasteiger partial charge in [-0.25, -0.2) is 4.98 Å². The molecule has 32 heavy (non-hydrogen) atoms. The predicted molar refractivity (Wildman–Crippen MR) is 126 cm³/mol. The molecule has 2 aromatic heterocycles. The highest BCUT2D eigenvalue weighted by molar-refractivity contribution is 6.31. The van der Waals surface area contributed by atoms with Crippen molar-refractivity contribution in [3.63, 3.8) is 0 Å². The number of aryl methyl sites for hydroxylation is 1. The molecular weight excluding hydrogens is 422 g/mol. The van der Waals surface area contributed by atoms with Gasteiger partial charge in [-0.1, -0.05) is 54.1 Å². The third-order valence-corrected chi connectivity index (χ3v) is 5.75. The Kier molecular flexibility index (Phi) is 5.60. The molecule has 5 aromatic rings. The molecule has 160 valence electrons. The number of carbonyl (C=O) groups is 1. The molecule has 0 aliphatic rings. The van der Waals surface area contributed by atoms with Gasteiger partial charge in [0.15, 0.2) is 0 Å². The first-order valence-corrected chi connectivity index (χ1v) is 10.9. The largest absolute Gasteiger partial charge is 0.349 e. The van der Waals surface area contributed by atoms with Gasteiger partial charge in [0.2, 0.25) is 5.91 Å². The van der Waals surface area contributed by atoms with E-state index in [1.54, 1.807) is 6.20 Å². The standard InChI is InChI=1S/C25H22ClN5O/c26-20-10-11-22-19(14-20)15-28-31(22)13-12-25(32)27-16-24-29-21-8-4-5-9-23(21)30(24)17-18-6-2-1-3-7-18/h1-11,14-15H,12-13,16-17H2,(H,27,32). The second-order valence-corrected chi connectivity index (χ2v) is 8.12. The van der Waals surface area contributed by atoms with E-state index in [0.29, 0.717) is 31.1 Å². The van der Waals surface area contributed by atoms with E-state index in [-0.39, 0.29) is 5.91 Å². The number of hydrogen-bond donors (Lipinski definition) is 1. The summed E-state index contributed by atoms with van der Waals surface area (Å²) in [6, 6.07) is 23.9. The Balaban J connectivity index is 1.28. The monoisotopic (exact) mass is 443 g/mol. The predicted octanol–water partition coefficient (Wildman–Crippen LogP) is 4.79. The molecule has 0 saturated carbocycles. The van der Waals surface area contributed by atoms with Gasteiger partial charge in [0.1, 0.15) is 5.82 Å². The minimum Gasteiger partial charge on any atom is -0.349 e. The van der Waals surface area contributed by atoms with Gasteiger partial charge in [0.25, 0.3) is 0 Å². The van der Waals surface area contributed by atoms with Crippen molar-refractivity contribution in [2.45, 2.75) is 26.1 Å². The maximum atomic E-state index is 12.6. The summed E-state index contributed by atoms with van der Waals surface area (Å²) in [6.45, 7) is 1.57. The molecule has 0 fully saturated rings. The average molecular weight is 444 g/mol. The summed E-state index contributed by atoms with van der Waals surface area (Å²) in [5.74, 6) is 0.795. The third kappa shape index (κ3) is 4.22. The van der Waals surface area contributed by atoms with Crippen LogP contribution in [0.1, 0.15) is 17.8 Å². The van der Waals surface area contributed by atoms with Crippen LogP contribution in [0.3, 0.4) is 0 Å². The van der Waals surface area contributed by atoms with Crippen LogP contribution in [0.2, 0.25) is 5.02 Å². The lowest BCUT2D eigenvalue weighted by atomic mass is 10.2. The summed E-state index contributed by atoms with van der Waals surface area (Å²) in [6.07, 6.45) is 2.10. The van der Waals surface area contributed by atoms with E-state index in [0.717, 1.165) is 27.8 Å². The Bertz CT molecular complexity index is 1390. The van der Waals surface area contributed by atoms with Crippen LogP contribution in [0.15, 0.2) is 79.0 Å². The number of hydrogen-bond acceptors (Lipinski definition) is 3. The molecule has 5 rings (SSSR count). The highest BCUT2D eigenvalue weighted by Gasteiger charge is 2.13. The number of amides is 1. The molecule has 0 unspecified atom stereocenters. The van der Waals surface area contributed by atoms with Gasteiger partial charge < -0.3 is 9.88 Å². The van der Waals surface area contributed by atoms with Crippen LogP contribution in [0, 0.1) is 0 Å². The van der Waals surface area contributed by atoms with Gasteiger partial charge in [-0.05, 0) is 35.9 Å². The minimum absolute atomic E-state index is 0.0408. The molecule has 0 saturated heterocycles. The molecule has 0 spiro atoms. The molecule has 1 N–H and O–H groups in total. The molecule has 7 heteroatoms. The fraction of sp³-hybridized carbons (Fsp3) is 0.160. The second-order valence-electron chi connectivity index (χ2n) is 7.69. The van der Waals surface area contributed by atoms with Crippen LogP contribution in [0.5, 0.6) is 0 Å². The Morgan fingerprint density at radius 3 is 2.66 bits per heavy atom. The van der Waals surface area contributed by atoms with Crippen molar-refractivity contribution in [3.05, 3.63) is 95.4 Å². The van der Waals surface area contributed by atoms with E-state index in [9.17, 15) is 4.79 Å². The third-order valence-electron chi connectivity index (χ3n) is 5.52. The number of para-hydroxylation sites is 2. The Labute approximate surface area is 190 Å². The van der Waals surface area contributed by atoms with Crippen molar-refractivity contribution in [1.29, 1.82) is 0 Å². The first kappa shape index (κ1) is 20.3. The van der Waals surface area contributed by atoms with Crippen LogP contribution in [-0.2, 0) is 24.4 Å². The molecule has 0 atom stereocenters. The zero-order valence-electron chi connectivity index (χ0n) is 17.4. The van der Waals surface area contributed by atoms with E-state index in [1.807, 2.05) is 59.3 Å². The summed E-state index contributed by atoms with van der Waals surface area (Å²) in [5, 5.41) is 9.04. The van der Waals surface area contributed by atoms with Gasteiger partial charge in [-0.3, -0.25) is 9.48 Å². The SMILES string of the molecule is O=C(CCn1ncc2cc(Cl)ccc21)NCc1nc2ccccc2n1Cc1ccccc1. The van der Waals surface area contributed by atoms with Crippen molar-refractivity contribution < 1.29 is 4.79 Å². The van der Waals surface area contributed by atoms with Crippen LogP contribution >= 0.6 is 11.6 Å². The number of fused-ring (bicyclic) bond motifs is 2. The minimum atomic E-state index is -0.0408. The van der Waals surface area contributed by atoms with Crippen molar-refractivity contribution in [1.82, 2.24) is 24.6 Å². The smallest absolute Gasteiger partial charge is 0.222 e. The van der Waals surface area contributed by atoms with E-state index >= 15 is 0 Å². The molecule has 2 heterocycles. The zero-order valence-corrected chi connectivity index (χ0v) is 18.2. The number of nitrogens with zero attached hydrogens (tertiary/aromatic N) is 4. The maximum Gasteiger partial charge on any atom is 0.222 e. The summed E-state index contributed by atoms with van der Waals surface area (Å²) >= 11 is 6.04. The second kappa shape index (κ2) is 8.85. The van der Waals surface area contributed by atoms with Gasteiger partial charge in [-0.2, -0.15) is 5.10 Å². The molecule has 0 aliphatic heterocycles. The number of nitrogens with one attached hydrogen (secondary N) is 1. The topological polar surface area (TPSA) is 64.7 Å². The van der Waals surface area contributed by atoms with E-state index in [2.05, 4.69) is 33.2 Å². The lowest BCUT2D eigenvalue weighted by Gasteiger charge is -2.11. The van der Waals surface area contributed by atoms with Gasteiger partial charge >= 0.3 is 0 Å². The number of halogens is 1. The Hall–Kier alpha value is -3.64. The Morgan fingerprint density at radius 2 is 1.78 bits per heavy atom. The number of rotatable bonds is 7. The molecule has 3 aromatic carbocycles. The van der Waals surface area contributed by atoms with Gasteiger partial charge in [0.05, 0.1) is 35.8 Å². The van der Waals surface area contributed by atoms with Gasteiger partial charge in [-0.15, -0.1) is 0 Å². The summed E-state index contributed by atoms with van der Waals surface area (Å²) < 4.78 is 3.99. The summed E-state index contributed by atoms with van der Waals surface area (Å²) in [7, 11) is 0. The number of carbonyl (C=O) groups excluding carboxylic acids is 1. The molecule has 0 radical (unpaired) electrons. The lowest BCUT2D eigenvalue weighted by Crippen LogP contribution is -2.26. The van der Waals surface area contributed by atoms with Crippen molar-refractivity contribution in [3.8, 4) is 0 Å². The summed E-state index contributed by atoms with van der Waals surface area (Å²) in [5.41, 5.74) is 4.14. The molecule has 6 nitrogen and oxygen atoms in total. The Morgan fingerprint density at radius 1 is 0.969 bits per heavy atom. The summed E-state index contributed by atoms with van der Waals surface area (Å²) in [4.78, 5) is 17.3. The highest BCUT2D eigenvalue weighted by atomic mass is 35.5. The van der Waals surface area contributed by atoms with Crippen LogP contribution < -0.4 is 5.32 Å². The fourth-order valence-electron chi connectivity index (χ4n) is 3.91. The zero-order chi connectivity index (χ0) is 21.9. The highest BCUT2D eigenvalue weighted by Crippen LogP contribution is 2.20. The average Bonchev–Trinajstić information content (AvgIpc) is 3.37. The van der Waals surface area contributed by atoms with Gasteiger partial charge in [0, 0.05) is 23.4 Å². The first-order chi connectivity index (χ1) is 15.7. The van der Waals surface area contributed by atoms with Crippen LogP contribution in [-0.4, -0.2) is 25.2 Å². The van der Waals surface area contributed by atoms with Crippen molar-refractivity contribution in [2.24, 2.45) is 0 Å². The van der Waals surface area contributed by atoms with Crippen LogP contribution in [0.25, 0.3) is 21.9 Å².